The van der Waals surface area contributed by atoms with E-state index in [1.54, 1.807) is 18.3 Å². The minimum atomic E-state index is -0.194. The predicted molar refractivity (Wildman–Crippen MR) is 70.8 cm³/mol. The molecule has 0 saturated carbocycles. The maximum Gasteiger partial charge on any atom is 0.256 e. The Morgan fingerprint density at radius 1 is 1.17 bits per heavy atom. The summed E-state index contributed by atoms with van der Waals surface area (Å²) >= 11 is 0. The van der Waals surface area contributed by atoms with Crippen LogP contribution in [0.2, 0.25) is 0 Å². The third-order valence-electron chi connectivity index (χ3n) is 2.45. The van der Waals surface area contributed by atoms with E-state index in [0.717, 1.165) is 5.69 Å². The third-order valence-corrected chi connectivity index (χ3v) is 2.45. The minimum absolute atomic E-state index is 0.194. The summed E-state index contributed by atoms with van der Waals surface area (Å²) in [5.74, 6) is 0.250. The van der Waals surface area contributed by atoms with Crippen molar-refractivity contribution in [2.24, 2.45) is 0 Å². The SMILES string of the molecule is CN(C)c1ccc(C(=O)Nc2cnccn2)cc1. The van der Waals surface area contributed by atoms with Crippen molar-refractivity contribution in [3.05, 3.63) is 48.4 Å². The van der Waals surface area contributed by atoms with E-state index < -0.39 is 0 Å². The third kappa shape index (κ3) is 2.82. The number of aromatic nitrogens is 2. The fourth-order valence-electron chi connectivity index (χ4n) is 1.46. The summed E-state index contributed by atoms with van der Waals surface area (Å²) in [4.78, 5) is 21.8. The number of hydrogen-bond acceptors (Lipinski definition) is 4. The molecule has 0 spiro atoms. The van der Waals surface area contributed by atoms with Crippen LogP contribution in [0.1, 0.15) is 10.4 Å². The topological polar surface area (TPSA) is 58.1 Å². The summed E-state index contributed by atoms with van der Waals surface area (Å²) in [5, 5.41) is 2.68. The van der Waals surface area contributed by atoms with Gasteiger partial charge in [-0.2, -0.15) is 0 Å². The van der Waals surface area contributed by atoms with E-state index >= 15 is 0 Å². The molecule has 0 unspecified atom stereocenters. The smallest absolute Gasteiger partial charge is 0.256 e. The van der Waals surface area contributed by atoms with Crippen LogP contribution < -0.4 is 10.2 Å². The summed E-state index contributed by atoms with van der Waals surface area (Å²) < 4.78 is 0. The predicted octanol–water partition coefficient (Wildman–Crippen LogP) is 1.79. The number of amides is 1. The summed E-state index contributed by atoms with van der Waals surface area (Å²) in [7, 11) is 3.91. The van der Waals surface area contributed by atoms with Gasteiger partial charge in [0.25, 0.3) is 5.91 Å². The molecule has 2 rings (SSSR count). The number of anilines is 2. The summed E-state index contributed by atoms with van der Waals surface area (Å²) in [6, 6.07) is 7.35. The number of nitrogens with one attached hydrogen (secondary N) is 1. The Labute approximate surface area is 105 Å². The molecule has 92 valence electrons. The van der Waals surface area contributed by atoms with Crippen LogP contribution in [0, 0.1) is 0 Å². The Hall–Kier alpha value is -2.43. The van der Waals surface area contributed by atoms with Crippen LogP contribution in [0.5, 0.6) is 0 Å². The number of carbonyl (C=O) groups is 1. The normalized spacial score (nSPS) is 9.89. The molecule has 2 aromatic rings. The van der Waals surface area contributed by atoms with Gasteiger partial charge in [0.2, 0.25) is 0 Å². The van der Waals surface area contributed by atoms with Gasteiger partial charge in [-0.25, -0.2) is 4.98 Å². The second-order valence-electron chi connectivity index (χ2n) is 3.99. The van der Waals surface area contributed by atoms with Crippen molar-refractivity contribution in [1.29, 1.82) is 0 Å². The molecule has 0 aliphatic carbocycles. The molecule has 1 aromatic carbocycles. The zero-order valence-corrected chi connectivity index (χ0v) is 10.3. The van der Waals surface area contributed by atoms with Crippen molar-refractivity contribution in [3.8, 4) is 0 Å². The Balaban J connectivity index is 2.10. The second kappa shape index (κ2) is 5.27. The number of hydrogen-bond donors (Lipinski definition) is 1. The first-order valence-corrected chi connectivity index (χ1v) is 5.51. The van der Waals surface area contributed by atoms with Gasteiger partial charge < -0.3 is 10.2 Å². The van der Waals surface area contributed by atoms with E-state index in [2.05, 4.69) is 15.3 Å². The van der Waals surface area contributed by atoms with Crippen LogP contribution in [0.4, 0.5) is 11.5 Å². The van der Waals surface area contributed by atoms with E-state index in [0.29, 0.717) is 11.4 Å². The molecular formula is C13H14N4O. The largest absolute Gasteiger partial charge is 0.378 e. The molecule has 5 heteroatoms. The molecule has 1 heterocycles. The lowest BCUT2D eigenvalue weighted by Crippen LogP contribution is -2.14. The molecule has 0 aliphatic heterocycles. The first-order chi connectivity index (χ1) is 8.66. The van der Waals surface area contributed by atoms with Crippen LogP contribution in [-0.2, 0) is 0 Å². The minimum Gasteiger partial charge on any atom is -0.378 e. The molecule has 0 saturated heterocycles. The standard InChI is InChI=1S/C13H14N4O/c1-17(2)11-5-3-10(4-6-11)13(18)16-12-9-14-7-8-15-12/h3-9H,1-2H3,(H,15,16,18). The molecule has 1 N–H and O–H groups in total. The molecule has 1 aromatic heterocycles. The Morgan fingerprint density at radius 3 is 2.44 bits per heavy atom. The molecule has 0 bridgehead atoms. The molecular weight excluding hydrogens is 228 g/mol. The number of nitrogens with zero attached hydrogens (tertiary/aromatic N) is 3. The molecule has 0 atom stereocenters. The van der Waals surface area contributed by atoms with Gasteiger partial charge in [-0.05, 0) is 24.3 Å². The van der Waals surface area contributed by atoms with Crippen molar-refractivity contribution in [2.75, 3.05) is 24.3 Å². The highest BCUT2D eigenvalue weighted by Crippen LogP contribution is 2.13. The molecule has 5 nitrogen and oxygen atoms in total. The molecule has 0 fully saturated rings. The number of rotatable bonds is 3. The van der Waals surface area contributed by atoms with Gasteiger partial charge in [0.1, 0.15) is 0 Å². The highest BCUT2D eigenvalue weighted by Gasteiger charge is 2.06. The molecule has 18 heavy (non-hydrogen) atoms. The summed E-state index contributed by atoms with van der Waals surface area (Å²) in [6.45, 7) is 0. The first kappa shape index (κ1) is 12.0. The van der Waals surface area contributed by atoms with Crippen molar-refractivity contribution >= 4 is 17.4 Å². The van der Waals surface area contributed by atoms with Gasteiger partial charge in [0, 0.05) is 37.7 Å². The lowest BCUT2D eigenvalue weighted by atomic mass is 10.2. The van der Waals surface area contributed by atoms with Crippen molar-refractivity contribution in [3.63, 3.8) is 0 Å². The van der Waals surface area contributed by atoms with E-state index in [1.165, 1.54) is 12.4 Å². The summed E-state index contributed by atoms with van der Waals surface area (Å²) in [6.07, 6.45) is 4.60. The van der Waals surface area contributed by atoms with Crippen molar-refractivity contribution in [2.45, 2.75) is 0 Å². The monoisotopic (exact) mass is 242 g/mol. The van der Waals surface area contributed by atoms with Crippen molar-refractivity contribution in [1.82, 2.24) is 9.97 Å². The lowest BCUT2D eigenvalue weighted by molar-refractivity contribution is 0.102. The van der Waals surface area contributed by atoms with E-state index in [1.807, 2.05) is 31.1 Å². The lowest BCUT2D eigenvalue weighted by Gasteiger charge is -2.12. The van der Waals surface area contributed by atoms with Crippen LogP contribution >= 0.6 is 0 Å². The maximum atomic E-state index is 11.9. The van der Waals surface area contributed by atoms with Gasteiger partial charge in [-0.1, -0.05) is 0 Å². The van der Waals surface area contributed by atoms with Gasteiger partial charge in [0.05, 0.1) is 6.20 Å². The van der Waals surface area contributed by atoms with E-state index in [9.17, 15) is 4.79 Å². The molecule has 0 radical (unpaired) electrons. The Morgan fingerprint density at radius 2 is 1.89 bits per heavy atom. The Bertz CT molecular complexity index is 522. The van der Waals surface area contributed by atoms with Gasteiger partial charge in [-0.15, -0.1) is 0 Å². The fourth-order valence-corrected chi connectivity index (χ4v) is 1.46. The average molecular weight is 242 g/mol. The quantitative estimate of drug-likeness (QED) is 0.891. The first-order valence-electron chi connectivity index (χ1n) is 5.51. The highest BCUT2D eigenvalue weighted by molar-refractivity contribution is 6.03. The maximum absolute atomic E-state index is 11.9. The highest BCUT2D eigenvalue weighted by atomic mass is 16.1. The van der Waals surface area contributed by atoms with E-state index in [4.69, 9.17) is 0 Å². The van der Waals surface area contributed by atoms with Crippen LogP contribution in [0.25, 0.3) is 0 Å². The van der Waals surface area contributed by atoms with Gasteiger partial charge >= 0.3 is 0 Å². The average Bonchev–Trinajstić information content (AvgIpc) is 2.40. The van der Waals surface area contributed by atoms with Crippen molar-refractivity contribution < 1.29 is 4.79 Å². The fraction of sp³-hybridized carbons (Fsp3) is 0.154. The summed E-state index contributed by atoms with van der Waals surface area (Å²) in [5.41, 5.74) is 1.64. The Kier molecular flexibility index (Phi) is 3.52. The van der Waals surface area contributed by atoms with Crippen LogP contribution in [0.3, 0.4) is 0 Å². The zero-order valence-electron chi connectivity index (χ0n) is 10.3. The van der Waals surface area contributed by atoms with Crippen LogP contribution in [-0.4, -0.2) is 30.0 Å². The zero-order chi connectivity index (χ0) is 13.0. The van der Waals surface area contributed by atoms with Gasteiger partial charge in [0.15, 0.2) is 5.82 Å². The molecule has 1 amide bonds. The number of benzene rings is 1. The molecule has 0 aliphatic rings. The van der Waals surface area contributed by atoms with Crippen LogP contribution in [0.15, 0.2) is 42.9 Å². The number of carbonyl (C=O) groups excluding carboxylic acids is 1. The second-order valence-corrected chi connectivity index (χ2v) is 3.99. The van der Waals surface area contributed by atoms with Gasteiger partial charge in [-0.3, -0.25) is 9.78 Å². The van der Waals surface area contributed by atoms with E-state index in [-0.39, 0.29) is 5.91 Å².